The Morgan fingerprint density at radius 2 is 1.47 bits per heavy atom. The largest absolute Gasteiger partial charge is 0.381 e. The third kappa shape index (κ3) is 4.58. The average molecular weight is 275 g/mol. The molecule has 2 nitrogen and oxygen atoms in total. The number of halogens is 1. The van der Waals surface area contributed by atoms with Crippen molar-refractivity contribution >= 4 is 17.3 Å². The number of rotatable bonds is 5. The Kier molecular flexibility index (Phi) is 4.83. The molecule has 1 N–H and O–H groups in total. The van der Waals surface area contributed by atoms with Gasteiger partial charge in [-0.2, -0.15) is 0 Å². The van der Waals surface area contributed by atoms with Crippen molar-refractivity contribution in [1.82, 2.24) is 4.90 Å². The molecule has 3 heteroatoms. The molecule has 2 aromatic carbocycles. The third-order valence-corrected chi connectivity index (χ3v) is 3.11. The number of hydrogen-bond acceptors (Lipinski definition) is 2. The molecule has 0 aliphatic heterocycles. The van der Waals surface area contributed by atoms with Gasteiger partial charge in [0, 0.05) is 23.8 Å². The second kappa shape index (κ2) is 6.60. The summed E-state index contributed by atoms with van der Waals surface area (Å²) in [4.78, 5) is 2.16. The maximum Gasteiger partial charge on any atom is 0.0406 e. The Balaban J connectivity index is 1.91. The SMILES string of the molecule is CN(C)Cc1ccc(NCc2ccc(Cl)cc2)cc1. The van der Waals surface area contributed by atoms with Crippen LogP contribution in [0.15, 0.2) is 48.5 Å². The molecule has 100 valence electrons. The molecule has 0 saturated heterocycles. The van der Waals surface area contributed by atoms with Gasteiger partial charge in [-0.1, -0.05) is 35.9 Å². The highest BCUT2D eigenvalue weighted by Gasteiger charge is 1.97. The second-order valence-corrected chi connectivity index (χ2v) is 5.35. The van der Waals surface area contributed by atoms with Crippen molar-refractivity contribution < 1.29 is 0 Å². The molecule has 0 aliphatic carbocycles. The van der Waals surface area contributed by atoms with Gasteiger partial charge in [-0.15, -0.1) is 0 Å². The van der Waals surface area contributed by atoms with Crippen LogP contribution in [0.4, 0.5) is 5.69 Å². The van der Waals surface area contributed by atoms with Crippen LogP contribution in [0.5, 0.6) is 0 Å². The van der Waals surface area contributed by atoms with E-state index in [1.54, 1.807) is 0 Å². The molecule has 0 spiro atoms. The molecule has 0 amide bonds. The fraction of sp³-hybridized carbons (Fsp3) is 0.250. The molecule has 0 heterocycles. The van der Waals surface area contributed by atoms with Gasteiger partial charge in [-0.05, 0) is 49.5 Å². The van der Waals surface area contributed by atoms with Crippen molar-refractivity contribution in [2.45, 2.75) is 13.1 Å². The molecule has 0 aliphatic rings. The van der Waals surface area contributed by atoms with Crippen LogP contribution in [0.3, 0.4) is 0 Å². The van der Waals surface area contributed by atoms with E-state index < -0.39 is 0 Å². The second-order valence-electron chi connectivity index (χ2n) is 4.91. The Morgan fingerprint density at radius 3 is 2.05 bits per heavy atom. The fourth-order valence-corrected chi connectivity index (χ4v) is 2.03. The van der Waals surface area contributed by atoms with Gasteiger partial charge in [0.05, 0.1) is 0 Å². The zero-order chi connectivity index (χ0) is 13.7. The maximum atomic E-state index is 5.86. The quantitative estimate of drug-likeness (QED) is 0.886. The summed E-state index contributed by atoms with van der Waals surface area (Å²) < 4.78 is 0. The highest BCUT2D eigenvalue weighted by atomic mass is 35.5. The lowest BCUT2D eigenvalue weighted by molar-refractivity contribution is 0.402. The van der Waals surface area contributed by atoms with Crippen LogP contribution in [0.25, 0.3) is 0 Å². The molecule has 0 unspecified atom stereocenters. The lowest BCUT2D eigenvalue weighted by atomic mass is 10.2. The summed E-state index contributed by atoms with van der Waals surface area (Å²) in [5.74, 6) is 0. The van der Waals surface area contributed by atoms with Gasteiger partial charge in [0.25, 0.3) is 0 Å². The van der Waals surface area contributed by atoms with Gasteiger partial charge in [0.15, 0.2) is 0 Å². The molecule has 0 aromatic heterocycles. The van der Waals surface area contributed by atoms with E-state index >= 15 is 0 Å². The van der Waals surface area contributed by atoms with Crippen molar-refractivity contribution in [2.24, 2.45) is 0 Å². The molecule has 0 radical (unpaired) electrons. The number of hydrogen-bond donors (Lipinski definition) is 1. The van der Waals surface area contributed by atoms with Crippen molar-refractivity contribution in [3.8, 4) is 0 Å². The van der Waals surface area contributed by atoms with Crippen LogP contribution in [0.1, 0.15) is 11.1 Å². The van der Waals surface area contributed by atoms with Gasteiger partial charge in [0.2, 0.25) is 0 Å². The molecule has 0 saturated carbocycles. The van der Waals surface area contributed by atoms with Crippen LogP contribution in [-0.4, -0.2) is 19.0 Å². The number of nitrogens with one attached hydrogen (secondary N) is 1. The van der Waals surface area contributed by atoms with Crippen LogP contribution in [0, 0.1) is 0 Å². The van der Waals surface area contributed by atoms with Gasteiger partial charge < -0.3 is 10.2 Å². The predicted molar refractivity (Wildman–Crippen MR) is 82.6 cm³/mol. The highest BCUT2D eigenvalue weighted by Crippen LogP contribution is 2.14. The lowest BCUT2D eigenvalue weighted by Gasteiger charge is -2.11. The molecule has 0 fully saturated rings. The van der Waals surface area contributed by atoms with Crippen LogP contribution < -0.4 is 5.32 Å². The van der Waals surface area contributed by atoms with E-state index in [0.717, 1.165) is 23.8 Å². The lowest BCUT2D eigenvalue weighted by Crippen LogP contribution is -2.10. The minimum Gasteiger partial charge on any atom is -0.381 e. The van der Waals surface area contributed by atoms with E-state index in [1.165, 1.54) is 11.1 Å². The molecule has 2 rings (SSSR count). The monoisotopic (exact) mass is 274 g/mol. The van der Waals surface area contributed by atoms with E-state index in [1.807, 2.05) is 24.3 Å². The Morgan fingerprint density at radius 1 is 0.895 bits per heavy atom. The van der Waals surface area contributed by atoms with E-state index in [-0.39, 0.29) is 0 Å². The van der Waals surface area contributed by atoms with Gasteiger partial charge in [-0.3, -0.25) is 0 Å². The van der Waals surface area contributed by atoms with E-state index in [0.29, 0.717) is 0 Å². The van der Waals surface area contributed by atoms with Gasteiger partial charge >= 0.3 is 0 Å². The predicted octanol–water partition coefficient (Wildman–Crippen LogP) is 4.01. The molecule has 2 aromatic rings. The summed E-state index contributed by atoms with van der Waals surface area (Å²) in [7, 11) is 4.15. The number of benzene rings is 2. The van der Waals surface area contributed by atoms with E-state index in [9.17, 15) is 0 Å². The summed E-state index contributed by atoms with van der Waals surface area (Å²) in [5, 5.41) is 4.18. The van der Waals surface area contributed by atoms with Crippen molar-refractivity contribution in [2.75, 3.05) is 19.4 Å². The van der Waals surface area contributed by atoms with E-state index in [2.05, 4.69) is 48.6 Å². The molecule has 0 atom stereocenters. The summed E-state index contributed by atoms with van der Waals surface area (Å²) in [5.41, 5.74) is 3.68. The smallest absolute Gasteiger partial charge is 0.0406 e. The van der Waals surface area contributed by atoms with Crippen molar-refractivity contribution in [1.29, 1.82) is 0 Å². The third-order valence-electron chi connectivity index (χ3n) is 2.86. The van der Waals surface area contributed by atoms with Crippen molar-refractivity contribution in [3.05, 3.63) is 64.7 Å². The minimum atomic E-state index is 0.775. The standard InChI is InChI=1S/C16H19ClN2/c1-19(2)12-14-5-9-16(10-6-14)18-11-13-3-7-15(17)8-4-13/h3-10,18H,11-12H2,1-2H3. The first-order chi connectivity index (χ1) is 9.13. The maximum absolute atomic E-state index is 5.86. The first kappa shape index (κ1) is 13.9. The summed E-state index contributed by atoms with van der Waals surface area (Å²) >= 11 is 5.86. The van der Waals surface area contributed by atoms with Gasteiger partial charge in [-0.25, -0.2) is 0 Å². The zero-order valence-corrected chi connectivity index (χ0v) is 12.1. The van der Waals surface area contributed by atoms with Crippen molar-refractivity contribution in [3.63, 3.8) is 0 Å². The minimum absolute atomic E-state index is 0.775. The molecular formula is C16H19ClN2. The summed E-state index contributed by atoms with van der Waals surface area (Å²) in [6, 6.07) is 16.5. The number of anilines is 1. The van der Waals surface area contributed by atoms with Crippen LogP contribution in [-0.2, 0) is 13.1 Å². The highest BCUT2D eigenvalue weighted by molar-refractivity contribution is 6.30. The number of nitrogens with zero attached hydrogens (tertiary/aromatic N) is 1. The van der Waals surface area contributed by atoms with Gasteiger partial charge in [0.1, 0.15) is 0 Å². The Hall–Kier alpha value is -1.51. The fourth-order valence-electron chi connectivity index (χ4n) is 1.90. The van der Waals surface area contributed by atoms with Crippen LogP contribution >= 0.6 is 11.6 Å². The first-order valence-corrected chi connectivity index (χ1v) is 6.73. The summed E-state index contributed by atoms with van der Waals surface area (Å²) in [6.45, 7) is 1.78. The average Bonchev–Trinajstić information content (AvgIpc) is 2.39. The van der Waals surface area contributed by atoms with Crippen LogP contribution in [0.2, 0.25) is 5.02 Å². The Labute approximate surface area is 120 Å². The molecule has 0 bridgehead atoms. The molecule has 19 heavy (non-hydrogen) atoms. The first-order valence-electron chi connectivity index (χ1n) is 6.35. The Bertz CT molecular complexity index is 503. The normalized spacial score (nSPS) is 10.7. The molecular weight excluding hydrogens is 256 g/mol. The topological polar surface area (TPSA) is 15.3 Å². The zero-order valence-electron chi connectivity index (χ0n) is 11.4. The summed E-state index contributed by atoms with van der Waals surface area (Å²) in [6.07, 6.45) is 0. The van der Waals surface area contributed by atoms with E-state index in [4.69, 9.17) is 11.6 Å².